The Morgan fingerprint density at radius 3 is 2.80 bits per heavy atom. The van der Waals surface area contributed by atoms with Gasteiger partial charge >= 0.3 is 0 Å². The van der Waals surface area contributed by atoms with Gasteiger partial charge in [0.05, 0.1) is 5.52 Å². The highest BCUT2D eigenvalue weighted by Crippen LogP contribution is 2.29. The molecule has 6 heteroatoms. The summed E-state index contributed by atoms with van der Waals surface area (Å²) in [6, 6.07) is 7.78. The molecule has 3 heterocycles. The standard InChI is InChI=1S/C14H14N4OS/c1-8(2)15-11-5-3-4-10(16-11)13-17-9-6-7-20-12(9)14(19)18-13/h3-8H,1-2H3,(H,15,16)(H,17,18,19). The lowest BCUT2D eigenvalue weighted by atomic mass is 10.3. The van der Waals surface area contributed by atoms with Crippen LogP contribution in [0.4, 0.5) is 5.82 Å². The van der Waals surface area contributed by atoms with E-state index in [1.54, 1.807) is 0 Å². The number of nitrogens with zero attached hydrogens (tertiary/aromatic N) is 3. The van der Waals surface area contributed by atoms with Gasteiger partial charge in [-0.3, -0.25) is 0 Å². The van der Waals surface area contributed by atoms with Gasteiger partial charge in [0.25, 0.3) is 0 Å². The molecule has 0 unspecified atom stereocenters. The van der Waals surface area contributed by atoms with E-state index in [0.717, 1.165) is 11.3 Å². The molecule has 0 atom stereocenters. The van der Waals surface area contributed by atoms with E-state index in [2.05, 4.69) is 20.3 Å². The van der Waals surface area contributed by atoms with Crippen molar-refractivity contribution < 1.29 is 5.11 Å². The Balaban J connectivity index is 2.06. The van der Waals surface area contributed by atoms with E-state index in [9.17, 15) is 5.11 Å². The van der Waals surface area contributed by atoms with E-state index in [4.69, 9.17) is 0 Å². The number of rotatable bonds is 3. The summed E-state index contributed by atoms with van der Waals surface area (Å²) in [6.07, 6.45) is 0. The second-order valence-corrected chi connectivity index (χ2v) is 5.63. The van der Waals surface area contributed by atoms with Gasteiger partial charge in [-0.15, -0.1) is 11.3 Å². The van der Waals surface area contributed by atoms with Crippen LogP contribution in [0.2, 0.25) is 0 Å². The summed E-state index contributed by atoms with van der Waals surface area (Å²) >= 11 is 1.42. The molecular weight excluding hydrogens is 272 g/mol. The number of fused-ring (bicyclic) bond motifs is 1. The first-order chi connectivity index (χ1) is 9.63. The van der Waals surface area contributed by atoms with Crippen molar-refractivity contribution in [1.29, 1.82) is 0 Å². The maximum atomic E-state index is 9.93. The minimum atomic E-state index is 0.00372. The SMILES string of the molecule is CC(C)Nc1cccc(-c2nc(O)c3sccc3n2)n1. The van der Waals surface area contributed by atoms with E-state index in [-0.39, 0.29) is 5.88 Å². The fourth-order valence-corrected chi connectivity index (χ4v) is 2.62. The number of thiophene rings is 1. The van der Waals surface area contributed by atoms with Gasteiger partial charge in [-0.2, -0.15) is 4.98 Å². The van der Waals surface area contributed by atoms with Crippen molar-refractivity contribution in [2.45, 2.75) is 19.9 Å². The molecule has 0 bridgehead atoms. The molecule has 5 nitrogen and oxygen atoms in total. The zero-order valence-corrected chi connectivity index (χ0v) is 12.0. The molecule has 0 spiro atoms. The molecule has 0 fully saturated rings. The minimum absolute atomic E-state index is 0.00372. The van der Waals surface area contributed by atoms with Crippen molar-refractivity contribution in [3.8, 4) is 17.4 Å². The van der Waals surface area contributed by atoms with E-state index in [1.807, 2.05) is 43.5 Å². The highest BCUT2D eigenvalue weighted by molar-refractivity contribution is 7.17. The van der Waals surface area contributed by atoms with Gasteiger partial charge in [-0.1, -0.05) is 6.07 Å². The van der Waals surface area contributed by atoms with Gasteiger partial charge in [0.2, 0.25) is 5.88 Å². The molecule has 2 N–H and O–H groups in total. The summed E-state index contributed by atoms with van der Waals surface area (Å²) in [5.41, 5.74) is 1.38. The summed E-state index contributed by atoms with van der Waals surface area (Å²) < 4.78 is 0.699. The van der Waals surface area contributed by atoms with Crippen molar-refractivity contribution in [3.63, 3.8) is 0 Å². The number of aromatic nitrogens is 3. The zero-order chi connectivity index (χ0) is 14.1. The third-order valence-electron chi connectivity index (χ3n) is 2.70. The Bertz CT molecular complexity index is 754. The molecule has 0 amide bonds. The molecule has 0 aliphatic heterocycles. The van der Waals surface area contributed by atoms with Gasteiger partial charge in [-0.25, -0.2) is 9.97 Å². The minimum Gasteiger partial charge on any atom is -0.492 e. The van der Waals surface area contributed by atoms with Gasteiger partial charge in [0.15, 0.2) is 5.82 Å². The van der Waals surface area contributed by atoms with Crippen LogP contribution in [0.5, 0.6) is 5.88 Å². The monoisotopic (exact) mass is 286 g/mol. The predicted molar refractivity (Wildman–Crippen MR) is 81.1 cm³/mol. The molecule has 0 aliphatic carbocycles. The molecule has 3 rings (SSSR count). The van der Waals surface area contributed by atoms with Crippen LogP contribution in [-0.2, 0) is 0 Å². The van der Waals surface area contributed by atoms with Gasteiger partial charge in [-0.05, 0) is 37.4 Å². The molecule has 0 radical (unpaired) electrons. The number of anilines is 1. The average molecular weight is 286 g/mol. The summed E-state index contributed by atoms with van der Waals surface area (Å²) in [7, 11) is 0. The Morgan fingerprint density at radius 2 is 2.00 bits per heavy atom. The molecular formula is C14H14N4OS. The van der Waals surface area contributed by atoms with Gasteiger partial charge in [0, 0.05) is 6.04 Å². The first-order valence-electron chi connectivity index (χ1n) is 6.31. The summed E-state index contributed by atoms with van der Waals surface area (Å²) in [5, 5.41) is 15.0. The lowest BCUT2D eigenvalue weighted by molar-refractivity contribution is 0.461. The Labute approximate surface area is 120 Å². The second kappa shape index (κ2) is 5.05. The van der Waals surface area contributed by atoms with Crippen LogP contribution < -0.4 is 5.32 Å². The molecule has 0 aromatic carbocycles. The normalized spacial score (nSPS) is 11.2. The Kier molecular flexibility index (Phi) is 3.23. The lowest BCUT2D eigenvalue weighted by Crippen LogP contribution is -2.11. The quantitative estimate of drug-likeness (QED) is 0.773. The number of hydrogen-bond acceptors (Lipinski definition) is 6. The van der Waals surface area contributed by atoms with Crippen LogP contribution in [0.3, 0.4) is 0 Å². The van der Waals surface area contributed by atoms with Gasteiger partial charge < -0.3 is 10.4 Å². The summed E-state index contributed by atoms with van der Waals surface area (Å²) in [5.74, 6) is 1.20. The number of nitrogens with one attached hydrogen (secondary N) is 1. The van der Waals surface area contributed by atoms with Crippen molar-refractivity contribution in [3.05, 3.63) is 29.6 Å². The van der Waals surface area contributed by atoms with E-state index >= 15 is 0 Å². The molecule has 102 valence electrons. The van der Waals surface area contributed by atoms with Crippen LogP contribution in [0, 0.1) is 0 Å². The van der Waals surface area contributed by atoms with E-state index in [0.29, 0.717) is 22.3 Å². The maximum Gasteiger partial charge on any atom is 0.233 e. The largest absolute Gasteiger partial charge is 0.492 e. The summed E-state index contributed by atoms with van der Waals surface area (Å²) in [6.45, 7) is 4.10. The predicted octanol–water partition coefficient (Wildman–Crippen LogP) is 3.28. The third kappa shape index (κ3) is 2.42. The molecule has 3 aromatic heterocycles. The molecule has 0 saturated carbocycles. The van der Waals surface area contributed by atoms with Crippen LogP contribution in [-0.4, -0.2) is 26.1 Å². The average Bonchev–Trinajstić information content (AvgIpc) is 2.87. The molecule has 0 aliphatic rings. The van der Waals surface area contributed by atoms with Crippen LogP contribution in [0.15, 0.2) is 29.6 Å². The van der Waals surface area contributed by atoms with E-state index in [1.165, 1.54) is 11.3 Å². The molecule has 20 heavy (non-hydrogen) atoms. The van der Waals surface area contributed by atoms with Crippen molar-refractivity contribution in [2.24, 2.45) is 0 Å². The lowest BCUT2D eigenvalue weighted by Gasteiger charge is -2.09. The smallest absolute Gasteiger partial charge is 0.233 e. The molecule has 0 saturated heterocycles. The number of hydrogen-bond donors (Lipinski definition) is 2. The summed E-state index contributed by atoms with van der Waals surface area (Å²) in [4.78, 5) is 13.0. The van der Waals surface area contributed by atoms with Crippen molar-refractivity contribution in [1.82, 2.24) is 15.0 Å². The fraction of sp³-hybridized carbons (Fsp3) is 0.214. The van der Waals surface area contributed by atoms with Crippen LogP contribution in [0.1, 0.15) is 13.8 Å². The first kappa shape index (κ1) is 12.8. The highest BCUT2D eigenvalue weighted by atomic mass is 32.1. The fourth-order valence-electron chi connectivity index (χ4n) is 1.90. The highest BCUT2D eigenvalue weighted by Gasteiger charge is 2.11. The van der Waals surface area contributed by atoms with E-state index < -0.39 is 0 Å². The first-order valence-corrected chi connectivity index (χ1v) is 7.19. The van der Waals surface area contributed by atoms with Gasteiger partial charge in [0.1, 0.15) is 16.2 Å². The Morgan fingerprint density at radius 1 is 1.15 bits per heavy atom. The van der Waals surface area contributed by atoms with Crippen molar-refractivity contribution >= 4 is 27.4 Å². The Hall–Kier alpha value is -2.21. The number of aromatic hydroxyl groups is 1. The van der Waals surface area contributed by atoms with Crippen molar-refractivity contribution in [2.75, 3.05) is 5.32 Å². The topological polar surface area (TPSA) is 70.9 Å². The zero-order valence-electron chi connectivity index (χ0n) is 11.2. The molecule has 3 aromatic rings. The van der Waals surface area contributed by atoms with Crippen LogP contribution in [0.25, 0.3) is 21.7 Å². The number of pyridine rings is 1. The van der Waals surface area contributed by atoms with Crippen LogP contribution >= 0.6 is 11.3 Å². The second-order valence-electron chi connectivity index (χ2n) is 4.71. The third-order valence-corrected chi connectivity index (χ3v) is 3.60. The maximum absolute atomic E-state index is 9.93.